The predicted octanol–water partition coefficient (Wildman–Crippen LogP) is 9.82. The Labute approximate surface area is 234 Å². The van der Waals surface area contributed by atoms with Crippen molar-refractivity contribution in [1.29, 1.82) is 0 Å². The van der Waals surface area contributed by atoms with E-state index in [2.05, 4.69) is 104 Å². The van der Waals surface area contributed by atoms with Crippen molar-refractivity contribution in [2.45, 2.75) is 27.2 Å². The Morgan fingerprint density at radius 2 is 1.90 bits per heavy atom. The number of rotatable bonds is 7. The van der Waals surface area contributed by atoms with Crippen LogP contribution in [-0.2, 0) is 0 Å². The van der Waals surface area contributed by atoms with E-state index >= 15 is 0 Å². The highest BCUT2D eigenvalue weighted by Gasteiger charge is 2.17. The van der Waals surface area contributed by atoms with Gasteiger partial charge in [-0.15, -0.1) is 0 Å². The van der Waals surface area contributed by atoms with Gasteiger partial charge < -0.3 is 8.98 Å². The van der Waals surface area contributed by atoms with Crippen LogP contribution >= 0.6 is 0 Å². The van der Waals surface area contributed by atoms with Crippen molar-refractivity contribution in [3.8, 4) is 0 Å². The molecule has 6 rings (SSSR count). The molecule has 3 aromatic carbocycles. The first kappa shape index (κ1) is 25.3. The maximum Gasteiger partial charge on any atom is 0.246 e. The molecule has 4 heteroatoms. The maximum absolute atomic E-state index is 6.06. The fraction of sp³-hybridized carbons (Fsp3) is 0.111. The van der Waals surface area contributed by atoms with Crippen LogP contribution in [0.25, 0.3) is 61.2 Å². The summed E-state index contributed by atoms with van der Waals surface area (Å²) < 4.78 is 8.35. The van der Waals surface area contributed by atoms with Gasteiger partial charge in [-0.1, -0.05) is 86.3 Å². The fourth-order valence-corrected chi connectivity index (χ4v) is 5.40. The van der Waals surface area contributed by atoms with Crippen molar-refractivity contribution in [3.05, 3.63) is 127 Å². The molecule has 0 saturated carbocycles. The molecule has 6 aromatic rings. The first-order chi connectivity index (χ1) is 19.5. The van der Waals surface area contributed by atoms with Gasteiger partial charge in [0.05, 0.1) is 22.8 Å². The quantitative estimate of drug-likeness (QED) is 0.196. The van der Waals surface area contributed by atoms with Crippen LogP contribution in [0.5, 0.6) is 0 Å². The number of hydrogen-bond acceptors (Lipinski definition) is 3. The Kier molecular flexibility index (Phi) is 6.53. The van der Waals surface area contributed by atoms with E-state index in [4.69, 9.17) is 9.40 Å². The molecule has 40 heavy (non-hydrogen) atoms. The molecule has 0 aliphatic heterocycles. The molecule has 0 aliphatic rings. The van der Waals surface area contributed by atoms with Gasteiger partial charge in [-0.3, -0.25) is 0 Å². The fourth-order valence-electron chi connectivity index (χ4n) is 5.40. The van der Waals surface area contributed by atoms with Crippen molar-refractivity contribution in [2.24, 2.45) is 0 Å². The van der Waals surface area contributed by atoms with E-state index in [1.165, 1.54) is 16.5 Å². The summed E-state index contributed by atoms with van der Waals surface area (Å²) in [7, 11) is 0. The molecule has 0 saturated heterocycles. The van der Waals surface area contributed by atoms with Gasteiger partial charge in [-0.25, -0.2) is 9.97 Å². The summed E-state index contributed by atoms with van der Waals surface area (Å²) in [5, 5.41) is 4.42. The van der Waals surface area contributed by atoms with E-state index in [9.17, 15) is 0 Å². The Bertz CT molecular complexity index is 2050. The lowest BCUT2D eigenvalue weighted by atomic mass is 10.1. The molecule has 0 unspecified atom stereocenters. The van der Waals surface area contributed by atoms with Crippen LogP contribution in [0.4, 0.5) is 0 Å². The summed E-state index contributed by atoms with van der Waals surface area (Å²) in [6.45, 7) is 14.7. The third-order valence-corrected chi connectivity index (χ3v) is 7.31. The summed E-state index contributed by atoms with van der Waals surface area (Å²) >= 11 is 0. The van der Waals surface area contributed by atoms with Crippen molar-refractivity contribution in [3.63, 3.8) is 0 Å². The molecule has 0 radical (unpaired) electrons. The Balaban J connectivity index is 1.53. The van der Waals surface area contributed by atoms with E-state index in [0.717, 1.165) is 56.2 Å². The molecule has 0 aliphatic carbocycles. The number of fused-ring (bicyclic) bond motifs is 6. The number of aromatic nitrogens is 3. The van der Waals surface area contributed by atoms with Gasteiger partial charge in [0.15, 0.2) is 0 Å². The number of hydrogen-bond donors (Lipinski definition) is 0. The van der Waals surface area contributed by atoms with E-state index in [1.54, 1.807) is 6.20 Å². The largest absolute Gasteiger partial charge is 0.436 e. The maximum atomic E-state index is 6.06. The first-order valence-electron chi connectivity index (χ1n) is 13.6. The third-order valence-electron chi connectivity index (χ3n) is 7.31. The van der Waals surface area contributed by atoms with Gasteiger partial charge >= 0.3 is 0 Å². The number of aryl methyl sites for hydroxylation is 1. The lowest BCUT2D eigenvalue weighted by Gasteiger charge is -2.12. The van der Waals surface area contributed by atoms with Crippen molar-refractivity contribution >= 4 is 61.2 Å². The van der Waals surface area contributed by atoms with E-state index in [0.29, 0.717) is 11.4 Å². The number of furan rings is 1. The molecule has 196 valence electrons. The van der Waals surface area contributed by atoms with Gasteiger partial charge in [-0.2, -0.15) is 0 Å². The van der Waals surface area contributed by atoms with Crippen LogP contribution < -0.4 is 0 Å². The molecule has 0 fully saturated rings. The van der Waals surface area contributed by atoms with Crippen LogP contribution in [0, 0.1) is 13.8 Å². The molecule has 0 bridgehead atoms. The zero-order chi connectivity index (χ0) is 27.8. The zero-order valence-corrected chi connectivity index (χ0v) is 23.1. The average molecular weight is 522 g/mol. The molecule has 0 spiro atoms. The second-order valence-corrected chi connectivity index (χ2v) is 10.0. The van der Waals surface area contributed by atoms with Crippen LogP contribution in [0.15, 0.2) is 109 Å². The van der Waals surface area contributed by atoms with Gasteiger partial charge in [0.1, 0.15) is 11.1 Å². The van der Waals surface area contributed by atoms with Gasteiger partial charge in [0.2, 0.25) is 5.71 Å². The summed E-state index contributed by atoms with van der Waals surface area (Å²) in [6, 6.07) is 18.9. The van der Waals surface area contributed by atoms with Crippen molar-refractivity contribution < 1.29 is 4.42 Å². The first-order valence-corrected chi connectivity index (χ1v) is 13.6. The van der Waals surface area contributed by atoms with Crippen LogP contribution in [0.3, 0.4) is 0 Å². The standard InChI is InChI=1S/C36H31N3O/c1-6-8-13-27(39-25(5)28(14-9-7-2)30-20-23(3)16-18-32(30)39)21-24(4)31-22-37-36-35(38-31)34-29-15-11-10-12-26(29)17-19-33(34)40-36/h7-22H,2,4,6H2,1,3,5H3/b13-8-,14-9-,27-21+. The van der Waals surface area contributed by atoms with E-state index in [-0.39, 0.29) is 0 Å². The molecule has 3 heterocycles. The summed E-state index contributed by atoms with van der Waals surface area (Å²) in [6.07, 6.45) is 15.0. The summed E-state index contributed by atoms with van der Waals surface area (Å²) in [4.78, 5) is 9.67. The normalized spacial score (nSPS) is 12.6. The van der Waals surface area contributed by atoms with Gasteiger partial charge in [0.25, 0.3) is 0 Å². The van der Waals surface area contributed by atoms with Crippen LogP contribution in [-0.4, -0.2) is 14.5 Å². The average Bonchev–Trinajstić information content (AvgIpc) is 3.47. The molecule has 0 N–H and O–H groups in total. The SMILES string of the molecule is C=C/C=C\c1c(C)n(C(/C=C\CC)=C/C(=C)c2cnc3oc4ccc5ccccc5c4c3n2)c2ccc(C)cc12. The van der Waals surface area contributed by atoms with Crippen molar-refractivity contribution in [2.75, 3.05) is 0 Å². The minimum Gasteiger partial charge on any atom is -0.436 e. The minimum atomic E-state index is 0.527. The molecule has 0 atom stereocenters. The molecule has 4 nitrogen and oxygen atoms in total. The highest BCUT2D eigenvalue weighted by molar-refractivity contribution is 6.16. The van der Waals surface area contributed by atoms with E-state index < -0.39 is 0 Å². The zero-order valence-electron chi connectivity index (χ0n) is 23.1. The second kappa shape index (κ2) is 10.3. The minimum absolute atomic E-state index is 0.527. The topological polar surface area (TPSA) is 43.9 Å². The van der Waals surface area contributed by atoms with Gasteiger partial charge in [0, 0.05) is 22.3 Å². The molecular formula is C36H31N3O. The Morgan fingerprint density at radius 3 is 2.73 bits per heavy atom. The molecule has 0 amide bonds. The smallest absolute Gasteiger partial charge is 0.246 e. The predicted molar refractivity (Wildman–Crippen MR) is 170 cm³/mol. The summed E-state index contributed by atoms with van der Waals surface area (Å²) in [5.41, 5.74) is 9.24. The number of benzene rings is 3. The lowest BCUT2D eigenvalue weighted by Crippen LogP contribution is -1.99. The number of nitrogens with zero attached hydrogens (tertiary/aromatic N) is 3. The molecule has 3 aromatic heterocycles. The summed E-state index contributed by atoms with van der Waals surface area (Å²) in [5.74, 6) is 0. The second-order valence-electron chi connectivity index (χ2n) is 10.0. The van der Waals surface area contributed by atoms with Crippen LogP contribution in [0.1, 0.15) is 35.9 Å². The van der Waals surface area contributed by atoms with Crippen molar-refractivity contribution in [1.82, 2.24) is 14.5 Å². The Hall–Kier alpha value is -4.96. The lowest BCUT2D eigenvalue weighted by molar-refractivity contribution is 0.653. The van der Waals surface area contributed by atoms with Gasteiger partial charge in [-0.05, 0) is 67.0 Å². The highest BCUT2D eigenvalue weighted by Crippen LogP contribution is 2.35. The highest BCUT2D eigenvalue weighted by atomic mass is 16.3. The van der Waals surface area contributed by atoms with Crippen LogP contribution in [0.2, 0.25) is 0 Å². The molecular weight excluding hydrogens is 490 g/mol. The Morgan fingerprint density at radius 1 is 1.05 bits per heavy atom. The van der Waals surface area contributed by atoms with E-state index in [1.807, 2.05) is 30.4 Å². The third kappa shape index (κ3) is 4.28. The monoisotopic (exact) mass is 521 g/mol. The number of allylic oxidation sites excluding steroid dienone is 7.